The van der Waals surface area contributed by atoms with Gasteiger partial charge in [0.15, 0.2) is 11.5 Å². The Morgan fingerprint density at radius 2 is 2.13 bits per heavy atom. The number of rotatable bonds is 4. The zero-order chi connectivity index (χ0) is 10.8. The first-order chi connectivity index (χ1) is 7.15. The molecule has 0 atom stereocenters. The number of hydrogen-bond acceptors (Lipinski definition) is 3. The SMILES string of the molecule is CC(C)Oc1cnc(F)cc1OC1CC1. The highest BCUT2D eigenvalue weighted by atomic mass is 19.1. The Balaban J connectivity index is 2.17. The maximum Gasteiger partial charge on any atom is 0.216 e. The van der Waals surface area contributed by atoms with E-state index in [4.69, 9.17) is 9.47 Å². The molecule has 1 aromatic rings. The van der Waals surface area contributed by atoms with E-state index in [0.717, 1.165) is 12.8 Å². The second-order valence-corrected chi connectivity index (χ2v) is 3.94. The van der Waals surface area contributed by atoms with Crippen molar-refractivity contribution in [1.29, 1.82) is 0 Å². The van der Waals surface area contributed by atoms with Crippen LogP contribution in [0.5, 0.6) is 11.5 Å². The summed E-state index contributed by atoms with van der Waals surface area (Å²) in [6.45, 7) is 3.81. The molecule has 1 saturated carbocycles. The Morgan fingerprint density at radius 1 is 1.40 bits per heavy atom. The third-order valence-electron chi connectivity index (χ3n) is 1.98. The Labute approximate surface area is 88.2 Å². The molecule has 1 fully saturated rings. The van der Waals surface area contributed by atoms with Crippen LogP contribution in [0.3, 0.4) is 0 Å². The first-order valence-electron chi connectivity index (χ1n) is 5.14. The fourth-order valence-corrected chi connectivity index (χ4v) is 1.20. The molecule has 82 valence electrons. The van der Waals surface area contributed by atoms with Crippen LogP contribution in [0.4, 0.5) is 4.39 Å². The highest BCUT2D eigenvalue weighted by Gasteiger charge is 2.25. The van der Waals surface area contributed by atoms with Crippen molar-refractivity contribution in [2.45, 2.75) is 38.9 Å². The van der Waals surface area contributed by atoms with Gasteiger partial charge in [0.25, 0.3) is 0 Å². The highest BCUT2D eigenvalue weighted by Crippen LogP contribution is 2.33. The second-order valence-electron chi connectivity index (χ2n) is 3.94. The summed E-state index contributed by atoms with van der Waals surface area (Å²) in [4.78, 5) is 3.55. The van der Waals surface area contributed by atoms with E-state index in [-0.39, 0.29) is 12.2 Å². The van der Waals surface area contributed by atoms with E-state index in [1.807, 2.05) is 13.8 Å². The molecule has 1 aromatic heterocycles. The predicted molar refractivity (Wildman–Crippen MR) is 53.6 cm³/mol. The van der Waals surface area contributed by atoms with Crippen molar-refractivity contribution in [3.8, 4) is 11.5 Å². The molecule has 0 radical (unpaired) electrons. The zero-order valence-corrected chi connectivity index (χ0v) is 8.87. The lowest BCUT2D eigenvalue weighted by Crippen LogP contribution is -2.08. The average molecular weight is 211 g/mol. The van der Waals surface area contributed by atoms with Crippen LogP contribution < -0.4 is 9.47 Å². The van der Waals surface area contributed by atoms with Gasteiger partial charge in [-0.3, -0.25) is 0 Å². The number of ether oxygens (including phenoxy) is 2. The smallest absolute Gasteiger partial charge is 0.216 e. The quantitative estimate of drug-likeness (QED) is 0.717. The molecule has 15 heavy (non-hydrogen) atoms. The molecular weight excluding hydrogens is 197 g/mol. The van der Waals surface area contributed by atoms with Crippen LogP contribution in [0, 0.1) is 5.95 Å². The molecule has 2 rings (SSSR count). The van der Waals surface area contributed by atoms with Crippen LogP contribution in [0.25, 0.3) is 0 Å². The van der Waals surface area contributed by atoms with Crippen molar-refractivity contribution in [3.63, 3.8) is 0 Å². The maximum atomic E-state index is 12.9. The van der Waals surface area contributed by atoms with Gasteiger partial charge in [-0.05, 0) is 26.7 Å². The van der Waals surface area contributed by atoms with E-state index in [0.29, 0.717) is 11.5 Å². The number of nitrogens with zero attached hydrogens (tertiary/aromatic N) is 1. The molecule has 0 bridgehead atoms. The number of hydrogen-bond donors (Lipinski definition) is 0. The minimum Gasteiger partial charge on any atom is -0.486 e. The van der Waals surface area contributed by atoms with Crippen molar-refractivity contribution < 1.29 is 13.9 Å². The minimum absolute atomic E-state index is 0.0267. The van der Waals surface area contributed by atoms with Crippen molar-refractivity contribution in [1.82, 2.24) is 4.98 Å². The molecule has 0 saturated heterocycles. The van der Waals surface area contributed by atoms with Crippen molar-refractivity contribution in [2.75, 3.05) is 0 Å². The van der Waals surface area contributed by atoms with Gasteiger partial charge in [-0.2, -0.15) is 4.39 Å². The van der Waals surface area contributed by atoms with Crippen LogP contribution in [-0.4, -0.2) is 17.2 Å². The minimum atomic E-state index is -0.540. The van der Waals surface area contributed by atoms with Gasteiger partial charge < -0.3 is 9.47 Å². The van der Waals surface area contributed by atoms with E-state index in [9.17, 15) is 4.39 Å². The molecular formula is C11H14FNO2. The molecule has 0 unspecified atom stereocenters. The summed E-state index contributed by atoms with van der Waals surface area (Å²) in [5, 5.41) is 0. The summed E-state index contributed by atoms with van der Waals surface area (Å²) in [7, 11) is 0. The Hall–Kier alpha value is -1.32. The van der Waals surface area contributed by atoms with E-state index < -0.39 is 5.95 Å². The van der Waals surface area contributed by atoms with E-state index in [1.165, 1.54) is 12.3 Å². The van der Waals surface area contributed by atoms with Gasteiger partial charge in [-0.1, -0.05) is 0 Å². The fourth-order valence-electron chi connectivity index (χ4n) is 1.20. The Bertz CT molecular complexity index is 350. The number of halogens is 1. The van der Waals surface area contributed by atoms with Gasteiger partial charge in [0, 0.05) is 6.07 Å². The second kappa shape index (κ2) is 4.04. The van der Waals surface area contributed by atoms with Crippen molar-refractivity contribution >= 4 is 0 Å². The molecule has 3 nitrogen and oxygen atoms in total. The van der Waals surface area contributed by atoms with Crippen molar-refractivity contribution in [2.24, 2.45) is 0 Å². The lowest BCUT2D eigenvalue weighted by atomic mass is 10.4. The lowest BCUT2D eigenvalue weighted by Gasteiger charge is -2.13. The molecule has 0 aliphatic heterocycles. The Morgan fingerprint density at radius 3 is 2.73 bits per heavy atom. The number of aromatic nitrogens is 1. The summed E-state index contributed by atoms with van der Waals surface area (Å²) in [6.07, 6.45) is 3.68. The normalized spacial score (nSPS) is 15.5. The van der Waals surface area contributed by atoms with Gasteiger partial charge in [-0.25, -0.2) is 4.98 Å². The largest absolute Gasteiger partial charge is 0.486 e. The third kappa shape index (κ3) is 2.81. The van der Waals surface area contributed by atoms with Crippen LogP contribution >= 0.6 is 0 Å². The first kappa shape index (κ1) is 10.2. The van der Waals surface area contributed by atoms with Gasteiger partial charge in [0.1, 0.15) is 0 Å². The standard InChI is InChI=1S/C11H14FNO2/c1-7(2)14-10-6-13-11(12)5-9(10)15-8-3-4-8/h5-8H,3-4H2,1-2H3. The summed E-state index contributed by atoms with van der Waals surface area (Å²) in [6, 6.07) is 1.27. The molecule has 0 N–H and O–H groups in total. The molecule has 0 amide bonds. The topological polar surface area (TPSA) is 31.4 Å². The van der Waals surface area contributed by atoms with Gasteiger partial charge >= 0.3 is 0 Å². The number of pyridine rings is 1. The van der Waals surface area contributed by atoms with E-state index in [1.54, 1.807) is 0 Å². The first-order valence-corrected chi connectivity index (χ1v) is 5.14. The average Bonchev–Trinajstić information content (AvgIpc) is 2.93. The highest BCUT2D eigenvalue weighted by molar-refractivity contribution is 5.37. The summed E-state index contributed by atoms with van der Waals surface area (Å²) < 4.78 is 23.9. The Kier molecular flexibility index (Phi) is 2.75. The summed E-state index contributed by atoms with van der Waals surface area (Å²) in [5.74, 6) is 0.429. The maximum absolute atomic E-state index is 12.9. The van der Waals surface area contributed by atoms with Crippen molar-refractivity contribution in [3.05, 3.63) is 18.2 Å². The lowest BCUT2D eigenvalue weighted by molar-refractivity contribution is 0.215. The summed E-state index contributed by atoms with van der Waals surface area (Å²) in [5.41, 5.74) is 0. The zero-order valence-electron chi connectivity index (χ0n) is 8.87. The van der Waals surface area contributed by atoms with Gasteiger partial charge in [-0.15, -0.1) is 0 Å². The molecule has 0 spiro atoms. The molecule has 1 aliphatic rings. The van der Waals surface area contributed by atoms with Gasteiger partial charge in [0.05, 0.1) is 18.4 Å². The van der Waals surface area contributed by atoms with E-state index >= 15 is 0 Å². The van der Waals surface area contributed by atoms with Gasteiger partial charge in [0.2, 0.25) is 5.95 Å². The molecule has 1 aliphatic carbocycles. The van der Waals surface area contributed by atoms with Crippen LogP contribution in [0.2, 0.25) is 0 Å². The molecule has 0 aromatic carbocycles. The van der Waals surface area contributed by atoms with E-state index in [2.05, 4.69) is 4.98 Å². The molecule has 1 heterocycles. The predicted octanol–water partition coefficient (Wildman–Crippen LogP) is 2.55. The van der Waals surface area contributed by atoms with Crippen LogP contribution in [0.1, 0.15) is 26.7 Å². The molecule has 4 heteroatoms. The van der Waals surface area contributed by atoms with Crippen LogP contribution in [-0.2, 0) is 0 Å². The van der Waals surface area contributed by atoms with Crippen LogP contribution in [0.15, 0.2) is 12.3 Å². The summed E-state index contributed by atoms with van der Waals surface area (Å²) >= 11 is 0. The third-order valence-corrected chi connectivity index (χ3v) is 1.98. The monoisotopic (exact) mass is 211 g/mol. The fraction of sp³-hybridized carbons (Fsp3) is 0.545.